The van der Waals surface area contributed by atoms with Gasteiger partial charge in [0, 0.05) is 22.1 Å². The highest BCUT2D eigenvalue weighted by Gasteiger charge is 2.55. The molecule has 46 heavy (non-hydrogen) atoms. The highest BCUT2D eigenvalue weighted by molar-refractivity contribution is 5.93. The van der Waals surface area contributed by atoms with Gasteiger partial charge in [-0.05, 0) is 88.6 Å². The minimum absolute atomic E-state index is 0.0179. The van der Waals surface area contributed by atoms with Crippen LogP contribution in [0.2, 0.25) is 0 Å². The van der Waals surface area contributed by atoms with E-state index >= 15 is 0 Å². The molecule has 2 heteroatoms. The van der Waals surface area contributed by atoms with Crippen LogP contribution in [0.1, 0.15) is 140 Å². The van der Waals surface area contributed by atoms with E-state index in [0.717, 1.165) is 6.42 Å². The molecule has 0 N–H and O–H groups in total. The van der Waals surface area contributed by atoms with E-state index in [1.54, 1.807) is 0 Å². The standard InChI is InChI=1S/C44H53N2/c1-27(2)30-18-17-19-31(28(3)4)38(30)46-40(41(5,6)26-42(46,7)8)29-24-34-39-35(25-29)44(11,12)33-21-14-16-23-37(33)45(39)36-22-15-13-20-32(36)43(34,9)10/h13-25,27-28H,26H2,1-12H3. The number of fused-ring (bicyclic) bond motifs is 4. The van der Waals surface area contributed by atoms with E-state index in [0.29, 0.717) is 11.8 Å². The first-order chi connectivity index (χ1) is 21.5. The number of nitrogens with zero attached hydrogens (tertiary/aromatic N) is 2. The Labute approximate surface area is 278 Å². The minimum Gasteiger partial charge on any atom is -0.353 e. The normalized spacial score (nSPS) is 20.1. The van der Waals surface area contributed by atoms with Gasteiger partial charge < -0.3 is 9.80 Å². The molecule has 2 nitrogen and oxygen atoms in total. The van der Waals surface area contributed by atoms with Crippen LogP contribution in [0, 0.1) is 11.5 Å². The van der Waals surface area contributed by atoms with Crippen LogP contribution in [-0.2, 0) is 10.8 Å². The number of para-hydroxylation sites is 3. The average Bonchev–Trinajstić information content (AvgIpc) is 3.18. The smallest absolute Gasteiger partial charge is 0.0989 e. The molecule has 0 aliphatic carbocycles. The minimum atomic E-state index is -0.155. The first kappa shape index (κ1) is 31.1. The van der Waals surface area contributed by atoms with Crippen molar-refractivity contribution < 1.29 is 0 Å². The molecular weight excluding hydrogens is 556 g/mol. The third kappa shape index (κ3) is 4.21. The van der Waals surface area contributed by atoms with Crippen LogP contribution in [0.3, 0.4) is 0 Å². The van der Waals surface area contributed by atoms with E-state index in [4.69, 9.17) is 0 Å². The van der Waals surface area contributed by atoms with Crippen molar-refractivity contribution in [2.24, 2.45) is 5.41 Å². The Kier molecular flexibility index (Phi) is 6.75. The maximum absolute atomic E-state index is 2.79. The fourth-order valence-corrected chi connectivity index (χ4v) is 9.57. The first-order valence-corrected chi connectivity index (χ1v) is 17.5. The summed E-state index contributed by atoms with van der Waals surface area (Å²) in [4.78, 5) is 5.37. The van der Waals surface area contributed by atoms with Gasteiger partial charge in [0.25, 0.3) is 0 Å². The molecule has 7 rings (SSSR count). The van der Waals surface area contributed by atoms with E-state index in [9.17, 15) is 0 Å². The summed E-state index contributed by atoms with van der Waals surface area (Å²) in [7, 11) is 0. The Hall–Kier alpha value is -3.52. The average molecular weight is 610 g/mol. The van der Waals surface area contributed by atoms with E-state index in [2.05, 4.69) is 172 Å². The van der Waals surface area contributed by atoms with Crippen LogP contribution in [0.25, 0.3) is 0 Å². The second-order valence-electron chi connectivity index (χ2n) is 17.2. The second-order valence-corrected chi connectivity index (χ2v) is 17.2. The molecule has 3 aliphatic rings. The molecule has 4 aromatic carbocycles. The van der Waals surface area contributed by atoms with Crippen molar-refractivity contribution in [3.8, 4) is 0 Å². The van der Waals surface area contributed by atoms with E-state index in [1.807, 2.05) is 0 Å². The molecule has 0 amide bonds. The summed E-state index contributed by atoms with van der Waals surface area (Å²) < 4.78 is 0. The van der Waals surface area contributed by atoms with Crippen molar-refractivity contribution in [1.82, 2.24) is 0 Å². The van der Waals surface area contributed by atoms with E-state index in [-0.39, 0.29) is 21.8 Å². The number of hydrogen-bond acceptors (Lipinski definition) is 2. The topological polar surface area (TPSA) is 6.48 Å². The predicted molar refractivity (Wildman–Crippen MR) is 197 cm³/mol. The number of hydrogen-bond donors (Lipinski definition) is 0. The zero-order chi connectivity index (χ0) is 33.1. The molecule has 0 aromatic heterocycles. The number of anilines is 4. The SMILES string of the molecule is CC(C)c1cccc(C(C)C)c1N1[C](c2cc3c4c(c2)C(C)(C)c2ccccc2N4c2ccccc2C3(C)C)C(C)(C)CC1(C)C. The molecule has 1 saturated heterocycles. The summed E-state index contributed by atoms with van der Waals surface area (Å²) in [5, 5.41) is 0. The second kappa shape index (κ2) is 9.99. The Bertz CT molecular complexity index is 1740. The van der Waals surface area contributed by atoms with Crippen molar-refractivity contribution in [1.29, 1.82) is 0 Å². The third-order valence-corrected chi connectivity index (χ3v) is 11.5. The summed E-state index contributed by atoms with van der Waals surface area (Å²) in [6.45, 7) is 29.1. The lowest BCUT2D eigenvalue weighted by atomic mass is 9.65. The third-order valence-electron chi connectivity index (χ3n) is 11.5. The maximum atomic E-state index is 2.79. The van der Waals surface area contributed by atoms with Crippen molar-refractivity contribution in [3.05, 3.63) is 124 Å². The first-order valence-electron chi connectivity index (χ1n) is 17.5. The van der Waals surface area contributed by atoms with E-state index < -0.39 is 0 Å². The molecule has 0 saturated carbocycles. The molecule has 3 aliphatic heterocycles. The van der Waals surface area contributed by atoms with Gasteiger partial charge in [0.05, 0.1) is 23.1 Å². The molecule has 0 atom stereocenters. The monoisotopic (exact) mass is 609 g/mol. The summed E-state index contributed by atoms with van der Waals surface area (Å²) in [6, 6.07) is 31.8. The summed E-state index contributed by atoms with van der Waals surface area (Å²) >= 11 is 0. The molecule has 3 heterocycles. The van der Waals surface area contributed by atoms with Crippen molar-refractivity contribution in [3.63, 3.8) is 0 Å². The molecule has 0 bridgehead atoms. The largest absolute Gasteiger partial charge is 0.353 e. The number of rotatable bonds is 4. The van der Waals surface area contributed by atoms with Crippen LogP contribution in [0.15, 0.2) is 78.9 Å². The van der Waals surface area contributed by atoms with E-state index in [1.165, 1.54) is 67.7 Å². The molecule has 239 valence electrons. The van der Waals surface area contributed by atoms with Gasteiger partial charge in [-0.15, -0.1) is 0 Å². The lowest BCUT2D eigenvalue weighted by molar-refractivity contribution is 0.376. The van der Waals surface area contributed by atoms with Crippen LogP contribution in [0.4, 0.5) is 22.7 Å². The maximum Gasteiger partial charge on any atom is 0.0989 e. The quantitative estimate of drug-likeness (QED) is 0.227. The lowest BCUT2D eigenvalue weighted by Crippen LogP contribution is -2.43. The van der Waals surface area contributed by atoms with Crippen LogP contribution in [-0.4, -0.2) is 5.54 Å². The zero-order valence-electron chi connectivity index (χ0n) is 30.3. The Balaban J connectivity index is 1.56. The van der Waals surface area contributed by atoms with Crippen LogP contribution >= 0.6 is 0 Å². The Morgan fingerprint density at radius 2 is 1.00 bits per heavy atom. The Morgan fingerprint density at radius 1 is 0.543 bits per heavy atom. The van der Waals surface area contributed by atoms with Gasteiger partial charge in [-0.1, -0.05) is 136 Å². The molecular formula is C44H53N2. The molecule has 0 unspecified atom stereocenters. The van der Waals surface area contributed by atoms with Gasteiger partial charge >= 0.3 is 0 Å². The van der Waals surface area contributed by atoms with Gasteiger partial charge in [0.15, 0.2) is 0 Å². The fraction of sp³-hybridized carbons (Fsp3) is 0.432. The highest BCUT2D eigenvalue weighted by atomic mass is 15.3. The van der Waals surface area contributed by atoms with Gasteiger partial charge in [-0.25, -0.2) is 0 Å². The van der Waals surface area contributed by atoms with Gasteiger partial charge in [0.1, 0.15) is 0 Å². The highest BCUT2D eigenvalue weighted by Crippen LogP contribution is 2.63. The van der Waals surface area contributed by atoms with Crippen molar-refractivity contribution in [2.75, 3.05) is 9.80 Å². The van der Waals surface area contributed by atoms with Crippen molar-refractivity contribution >= 4 is 22.7 Å². The number of benzene rings is 4. The van der Waals surface area contributed by atoms with Gasteiger partial charge in [-0.2, -0.15) is 0 Å². The van der Waals surface area contributed by atoms with Gasteiger partial charge in [0.2, 0.25) is 0 Å². The van der Waals surface area contributed by atoms with Gasteiger partial charge in [-0.3, -0.25) is 0 Å². The lowest BCUT2D eigenvalue weighted by Gasteiger charge is -2.50. The van der Waals surface area contributed by atoms with Crippen LogP contribution < -0.4 is 9.80 Å². The summed E-state index contributed by atoms with van der Waals surface area (Å²) in [5.74, 6) is 0.858. The summed E-state index contributed by atoms with van der Waals surface area (Å²) in [5.41, 5.74) is 14.9. The van der Waals surface area contributed by atoms with Crippen molar-refractivity contribution in [2.45, 2.75) is 118 Å². The molecule has 4 aromatic rings. The Morgan fingerprint density at radius 3 is 1.46 bits per heavy atom. The molecule has 0 spiro atoms. The summed E-state index contributed by atoms with van der Waals surface area (Å²) in [6.07, 6.45) is 1.09. The fourth-order valence-electron chi connectivity index (χ4n) is 9.57. The molecule has 1 fully saturated rings. The molecule has 1 radical (unpaired) electrons. The van der Waals surface area contributed by atoms with Crippen LogP contribution in [0.5, 0.6) is 0 Å². The zero-order valence-corrected chi connectivity index (χ0v) is 30.3. The predicted octanol–water partition coefficient (Wildman–Crippen LogP) is 12.3.